The summed E-state index contributed by atoms with van der Waals surface area (Å²) >= 11 is 11.9. The molecule has 0 saturated heterocycles. The molecule has 0 fully saturated rings. The van der Waals surface area contributed by atoms with Crippen molar-refractivity contribution in [3.05, 3.63) is 69.5 Å². The van der Waals surface area contributed by atoms with Crippen LogP contribution in [0, 0.1) is 5.82 Å². The fourth-order valence-corrected chi connectivity index (χ4v) is 2.29. The van der Waals surface area contributed by atoms with Gasteiger partial charge in [0.05, 0.1) is 5.56 Å². The van der Waals surface area contributed by atoms with E-state index in [-0.39, 0.29) is 12.1 Å². The van der Waals surface area contributed by atoms with E-state index >= 15 is 0 Å². The quantitative estimate of drug-likeness (QED) is 0.822. The van der Waals surface area contributed by atoms with Gasteiger partial charge >= 0.3 is 0 Å². The maximum Gasteiger partial charge on any atom is 0.256 e. The second-order valence-electron chi connectivity index (χ2n) is 4.38. The van der Waals surface area contributed by atoms with Gasteiger partial charge in [0, 0.05) is 23.6 Å². The smallest absolute Gasteiger partial charge is 0.256 e. The molecule has 0 aliphatic rings. The molecule has 0 heterocycles. The van der Waals surface area contributed by atoms with Gasteiger partial charge in [0.25, 0.3) is 5.91 Å². The van der Waals surface area contributed by atoms with Crippen LogP contribution in [0.3, 0.4) is 0 Å². The molecule has 1 amide bonds. The minimum Gasteiger partial charge on any atom is -0.337 e. The third kappa shape index (κ3) is 3.30. The van der Waals surface area contributed by atoms with Gasteiger partial charge in [-0.25, -0.2) is 4.39 Å². The molecule has 0 saturated carbocycles. The fourth-order valence-electron chi connectivity index (χ4n) is 1.82. The first kappa shape index (κ1) is 14.8. The molecule has 0 N–H and O–H groups in total. The van der Waals surface area contributed by atoms with E-state index in [1.165, 1.54) is 17.0 Å². The lowest BCUT2D eigenvalue weighted by atomic mass is 10.1. The first-order valence-corrected chi connectivity index (χ1v) is 6.68. The van der Waals surface area contributed by atoms with Crippen LogP contribution in [0.25, 0.3) is 0 Å². The van der Waals surface area contributed by atoms with Gasteiger partial charge in [-0.15, -0.1) is 0 Å². The zero-order valence-electron chi connectivity index (χ0n) is 10.7. The Balaban J connectivity index is 2.18. The Morgan fingerprint density at radius 2 is 1.90 bits per heavy atom. The molecule has 104 valence electrons. The number of benzene rings is 2. The van der Waals surface area contributed by atoms with Crippen LogP contribution in [0.2, 0.25) is 10.0 Å². The third-order valence-corrected chi connectivity index (χ3v) is 3.46. The van der Waals surface area contributed by atoms with E-state index in [1.54, 1.807) is 37.4 Å². The summed E-state index contributed by atoms with van der Waals surface area (Å²) in [7, 11) is 1.60. The lowest BCUT2D eigenvalue weighted by Gasteiger charge is -2.18. The summed E-state index contributed by atoms with van der Waals surface area (Å²) in [6.07, 6.45) is 0. The van der Waals surface area contributed by atoms with Crippen molar-refractivity contribution in [1.29, 1.82) is 0 Å². The zero-order chi connectivity index (χ0) is 14.7. The minimum atomic E-state index is -0.536. The van der Waals surface area contributed by atoms with Crippen molar-refractivity contribution in [3.8, 4) is 0 Å². The van der Waals surface area contributed by atoms with Gasteiger partial charge in [0.15, 0.2) is 0 Å². The molecule has 2 aromatic carbocycles. The van der Waals surface area contributed by atoms with Gasteiger partial charge in [-0.1, -0.05) is 41.4 Å². The molecular formula is C15H12Cl2FNO. The number of carbonyl (C=O) groups excluding carboxylic acids is 1. The van der Waals surface area contributed by atoms with Crippen molar-refractivity contribution < 1.29 is 9.18 Å². The molecular weight excluding hydrogens is 300 g/mol. The van der Waals surface area contributed by atoms with Crippen molar-refractivity contribution >= 4 is 29.1 Å². The van der Waals surface area contributed by atoms with Crippen molar-refractivity contribution in [2.45, 2.75) is 6.54 Å². The Kier molecular flexibility index (Phi) is 4.63. The summed E-state index contributed by atoms with van der Waals surface area (Å²) in [5.41, 5.74) is 0.795. The maximum atomic E-state index is 13.6. The number of carbonyl (C=O) groups is 1. The van der Waals surface area contributed by atoms with E-state index in [4.69, 9.17) is 23.2 Å². The summed E-state index contributed by atoms with van der Waals surface area (Å²) in [4.78, 5) is 13.6. The molecule has 0 atom stereocenters. The Morgan fingerprint density at radius 1 is 1.20 bits per heavy atom. The number of hydrogen-bond donors (Lipinski definition) is 0. The summed E-state index contributed by atoms with van der Waals surface area (Å²) < 4.78 is 13.6. The van der Waals surface area contributed by atoms with E-state index < -0.39 is 11.7 Å². The number of rotatable bonds is 3. The highest BCUT2D eigenvalue weighted by atomic mass is 35.5. The normalized spacial score (nSPS) is 10.4. The maximum absolute atomic E-state index is 13.6. The predicted molar refractivity (Wildman–Crippen MR) is 78.7 cm³/mol. The molecule has 0 radical (unpaired) electrons. The minimum absolute atomic E-state index is 0.0417. The number of nitrogens with zero attached hydrogens (tertiary/aromatic N) is 1. The summed E-state index contributed by atoms with van der Waals surface area (Å²) in [5.74, 6) is -0.930. The molecule has 5 heteroatoms. The monoisotopic (exact) mass is 311 g/mol. The van der Waals surface area contributed by atoms with Crippen molar-refractivity contribution in [1.82, 2.24) is 4.90 Å². The number of amides is 1. The molecule has 0 aromatic heterocycles. The van der Waals surface area contributed by atoms with E-state index in [0.29, 0.717) is 10.0 Å². The number of halogens is 3. The van der Waals surface area contributed by atoms with Crippen LogP contribution in [0.1, 0.15) is 15.9 Å². The van der Waals surface area contributed by atoms with E-state index in [9.17, 15) is 9.18 Å². The average Bonchev–Trinajstić information content (AvgIpc) is 2.41. The zero-order valence-corrected chi connectivity index (χ0v) is 12.2. The molecule has 0 bridgehead atoms. The van der Waals surface area contributed by atoms with Gasteiger partial charge < -0.3 is 4.90 Å². The molecule has 0 spiro atoms. The first-order chi connectivity index (χ1) is 9.49. The molecule has 0 aliphatic carbocycles. The van der Waals surface area contributed by atoms with Gasteiger partial charge in [-0.05, 0) is 29.8 Å². The summed E-state index contributed by atoms with van der Waals surface area (Å²) in [6, 6.07) is 10.9. The van der Waals surface area contributed by atoms with Gasteiger partial charge in [0.2, 0.25) is 0 Å². The van der Waals surface area contributed by atoms with Crippen LogP contribution < -0.4 is 0 Å². The van der Waals surface area contributed by atoms with Crippen LogP contribution in [0.15, 0.2) is 42.5 Å². The largest absolute Gasteiger partial charge is 0.337 e. The SMILES string of the molecule is CN(Cc1ccc(Cl)cc1Cl)C(=O)c1ccccc1F. The second kappa shape index (κ2) is 6.25. The van der Waals surface area contributed by atoms with Crippen LogP contribution in [-0.2, 0) is 6.54 Å². The van der Waals surface area contributed by atoms with Gasteiger partial charge in [-0.3, -0.25) is 4.79 Å². The standard InChI is InChI=1S/C15H12Cl2FNO/c1-19(9-10-6-7-11(16)8-13(10)17)15(20)12-4-2-3-5-14(12)18/h2-8H,9H2,1H3. The molecule has 2 rings (SSSR count). The molecule has 0 aliphatic heterocycles. The highest BCUT2D eigenvalue weighted by Crippen LogP contribution is 2.22. The molecule has 0 unspecified atom stereocenters. The van der Waals surface area contributed by atoms with Crippen molar-refractivity contribution in [2.75, 3.05) is 7.05 Å². The van der Waals surface area contributed by atoms with Crippen molar-refractivity contribution in [3.63, 3.8) is 0 Å². The summed E-state index contributed by atoms with van der Waals surface area (Å²) in [5, 5.41) is 1.01. The molecule has 2 aromatic rings. The Hall–Kier alpha value is -1.58. The predicted octanol–water partition coefficient (Wildman–Crippen LogP) is 4.40. The summed E-state index contributed by atoms with van der Waals surface area (Å²) in [6.45, 7) is 0.281. The first-order valence-electron chi connectivity index (χ1n) is 5.93. The molecule has 2 nitrogen and oxygen atoms in total. The van der Waals surface area contributed by atoms with E-state index in [0.717, 1.165) is 5.56 Å². The highest BCUT2D eigenvalue weighted by molar-refractivity contribution is 6.35. The third-order valence-electron chi connectivity index (χ3n) is 2.87. The van der Waals surface area contributed by atoms with E-state index in [2.05, 4.69) is 0 Å². The van der Waals surface area contributed by atoms with Crippen LogP contribution >= 0.6 is 23.2 Å². The fraction of sp³-hybridized carbons (Fsp3) is 0.133. The average molecular weight is 312 g/mol. The second-order valence-corrected chi connectivity index (χ2v) is 5.22. The van der Waals surface area contributed by atoms with Gasteiger partial charge in [-0.2, -0.15) is 0 Å². The van der Waals surface area contributed by atoms with E-state index in [1.807, 2.05) is 0 Å². The lowest BCUT2D eigenvalue weighted by molar-refractivity contribution is 0.0780. The Bertz CT molecular complexity index is 646. The van der Waals surface area contributed by atoms with Crippen LogP contribution in [-0.4, -0.2) is 17.9 Å². The Labute approximate surface area is 126 Å². The van der Waals surface area contributed by atoms with Crippen LogP contribution in [0.4, 0.5) is 4.39 Å². The van der Waals surface area contributed by atoms with Crippen molar-refractivity contribution in [2.24, 2.45) is 0 Å². The molecule has 20 heavy (non-hydrogen) atoms. The lowest BCUT2D eigenvalue weighted by Crippen LogP contribution is -2.27. The van der Waals surface area contributed by atoms with Crippen LogP contribution in [0.5, 0.6) is 0 Å². The Morgan fingerprint density at radius 3 is 2.55 bits per heavy atom. The number of hydrogen-bond acceptors (Lipinski definition) is 1. The van der Waals surface area contributed by atoms with Gasteiger partial charge in [0.1, 0.15) is 5.82 Å². The highest BCUT2D eigenvalue weighted by Gasteiger charge is 2.16. The topological polar surface area (TPSA) is 20.3 Å².